The first-order valence-corrected chi connectivity index (χ1v) is 4.72. The smallest absolute Gasteiger partial charge is 0.412 e. The molecule has 0 atom stereocenters. The summed E-state index contributed by atoms with van der Waals surface area (Å²) >= 11 is 0. The van der Waals surface area contributed by atoms with Gasteiger partial charge in [-0.15, -0.1) is 0 Å². The van der Waals surface area contributed by atoms with Gasteiger partial charge < -0.3 is 4.74 Å². The molecular weight excluding hydrogens is 190 g/mol. The molecule has 0 aliphatic carbocycles. The fourth-order valence-corrected chi connectivity index (χ4v) is 1.04. The van der Waals surface area contributed by atoms with Gasteiger partial charge in [0.2, 0.25) is 0 Å². The highest BCUT2D eigenvalue weighted by atomic mass is 16.6. The standard InChI is InChI=1S/C12H15NO2/c1-9-6-5-7-10(8-9)13-11(14)15-12(2,3)4/h1,5-8H,2-4H3,(H,13,14). The van der Waals surface area contributed by atoms with E-state index in [1.54, 1.807) is 24.3 Å². The van der Waals surface area contributed by atoms with Crippen LogP contribution in [0.1, 0.15) is 26.3 Å². The molecule has 1 N–H and O–H groups in total. The Balaban J connectivity index is 2.59. The van der Waals surface area contributed by atoms with Gasteiger partial charge in [-0.2, -0.15) is 0 Å². The van der Waals surface area contributed by atoms with E-state index in [2.05, 4.69) is 5.32 Å². The number of ether oxygens (including phenoxy) is 1. The maximum atomic E-state index is 11.4. The van der Waals surface area contributed by atoms with Gasteiger partial charge in [0, 0.05) is 5.69 Å². The van der Waals surface area contributed by atoms with Crippen molar-refractivity contribution in [2.45, 2.75) is 26.4 Å². The van der Waals surface area contributed by atoms with Crippen LogP contribution in [0.15, 0.2) is 24.3 Å². The number of carbonyl (C=O) groups is 1. The highest BCUT2D eigenvalue weighted by Gasteiger charge is 2.15. The van der Waals surface area contributed by atoms with Gasteiger partial charge >= 0.3 is 6.09 Å². The largest absolute Gasteiger partial charge is 0.444 e. The monoisotopic (exact) mass is 205 g/mol. The zero-order chi connectivity index (χ0) is 11.5. The summed E-state index contributed by atoms with van der Waals surface area (Å²) < 4.78 is 5.09. The zero-order valence-electron chi connectivity index (χ0n) is 9.20. The number of hydrogen-bond acceptors (Lipinski definition) is 2. The summed E-state index contributed by atoms with van der Waals surface area (Å²) in [4.78, 5) is 11.4. The lowest BCUT2D eigenvalue weighted by Gasteiger charge is -2.19. The molecule has 1 rings (SSSR count). The number of carbonyl (C=O) groups excluding carboxylic acids is 1. The van der Waals surface area contributed by atoms with Crippen LogP contribution in [0, 0.1) is 6.92 Å². The average molecular weight is 205 g/mol. The normalized spacial score (nSPS) is 10.9. The molecule has 3 nitrogen and oxygen atoms in total. The zero-order valence-corrected chi connectivity index (χ0v) is 9.20. The van der Waals surface area contributed by atoms with Crippen LogP contribution in [0.3, 0.4) is 0 Å². The van der Waals surface area contributed by atoms with Crippen LogP contribution in [0.25, 0.3) is 0 Å². The van der Waals surface area contributed by atoms with E-state index in [1.165, 1.54) is 0 Å². The quantitative estimate of drug-likeness (QED) is 0.765. The van der Waals surface area contributed by atoms with Crippen LogP contribution in [-0.2, 0) is 4.74 Å². The van der Waals surface area contributed by atoms with Gasteiger partial charge in [0.05, 0.1) is 0 Å². The highest BCUT2D eigenvalue weighted by molar-refractivity contribution is 5.84. The Bertz CT molecular complexity index is 353. The van der Waals surface area contributed by atoms with Crippen LogP contribution in [-0.4, -0.2) is 11.7 Å². The van der Waals surface area contributed by atoms with E-state index in [1.807, 2.05) is 20.8 Å². The molecule has 0 aliphatic rings. The van der Waals surface area contributed by atoms with E-state index in [0.717, 1.165) is 0 Å². The van der Waals surface area contributed by atoms with Crippen LogP contribution < -0.4 is 5.32 Å². The van der Waals surface area contributed by atoms with Gasteiger partial charge in [-0.25, -0.2) is 4.79 Å². The number of rotatable bonds is 1. The fraction of sp³-hybridized carbons (Fsp3) is 0.333. The predicted molar refractivity (Wildman–Crippen MR) is 59.7 cm³/mol. The van der Waals surface area contributed by atoms with Gasteiger partial charge in [0.15, 0.2) is 0 Å². The molecule has 80 valence electrons. The average Bonchev–Trinajstić information content (AvgIpc) is 1.99. The molecule has 15 heavy (non-hydrogen) atoms. The van der Waals surface area contributed by atoms with Crippen LogP contribution in [0.4, 0.5) is 10.5 Å². The van der Waals surface area contributed by atoms with Gasteiger partial charge in [0.25, 0.3) is 0 Å². The van der Waals surface area contributed by atoms with E-state index < -0.39 is 11.7 Å². The van der Waals surface area contributed by atoms with E-state index >= 15 is 0 Å². The molecule has 1 aromatic rings. The predicted octanol–water partition coefficient (Wildman–Crippen LogP) is 3.09. The number of hydrogen-bond donors (Lipinski definition) is 1. The summed E-state index contributed by atoms with van der Waals surface area (Å²) in [5, 5.41) is 2.60. The highest BCUT2D eigenvalue weighted by Crippen LogP contribution is 2.12. The van der Waals surface area contributed by atoms with Crippen molar-refractivity contribution in [3.63, 3.8) is 0 Å². The third-order valence-corrected chi connectivity index (χ3v) is 1.53. The van der Waals surface area contributed by atoms with E-state index in [9.17, 15) is 4.79 Å². The number of nitrogens with one attached hydrogen (secondary N) is 1. The van der Waals surface area contributed by atoms with Crippen LogP contribution in [0.5, 0.6) is 0 Å². The minimum atomic E-state index is -0.496. The first-order chi connectivity index (χ1) is 6.87. The molecule has 0 saturated carbocycles. The summed E-state index contributed by atoms with van der Waals surface area (Å²) in [6.45, 7) is 11.0. The van der Waals surface area contributed by atoms with Crippen molar-refractivity contribution >= 4 is 11.8 Å². The molecule has 2 radical (unpaired) electrons. The molecule has 0 unspecified atom stereocenters. The first-order valence-electron chi connectivity index (χ1n) is 4.72. The second kappa shape index (κ2) is 4.34. The Labute approximate surface area is 90.4 Å². The molecule has 0 bridgehead atoms. The van der Waals surface area contributed by atoms with Gasteiger partial charge in [-0.3, -0.25) is 5.32 Å². The summed E-state index contributed by atoms with van der Waals surface area (Å²) in [6.07, 6.45) is -0.479. The summed E-state index contributed by atoms with van der Waals surface area (Å²) in [7, 11) is 0. The summed E-state index contributed by atoms with van der Waals surface area (Å²) in [6, 6.07) is 6.94. The third-order valence-electron chi connectivity index (χ3n) is 1.53. The molecule has 0 fully saturated rings. The lowest BCUT2D eigenvalue weighted by atomic mass is 10.2. The molecule has 3 heteroatoms. The van der Waals surface area contributed by atoms with Gasteiger partial charge in [-0.05, 0) is 45.4 Å². The van der Waals surface area contributed by atoms with Crippen molar-refractivity contribution in [2.24, 2.45) is 0 Å². The third kappa shape index (κ3) is 4.49. The second-order valence-electron chi connectivity index (χ2n) is 4.25. The van der Waals surface area contributed by atoms with Gasteiger partial charge in [-0.1, -0.05) is 12.1 Å². The Morgan fingerprint density at radius 3 is 2.60 bits per heavy atom. The topological polar surface area (TPSA) is 38.3 Å². The number of benzene rings is 1. The minimum absolute atomic E-state index is 0.479. The van der Waals surface area contributed by atoms with Crippen molar-refractivity contribution in [1.29, 1.82) is 0 Å². The Morgan fingerprint density at radius 1 is 1.40 bits per heavy atom. The Hall–Kier alpha value is -1.51. The van der Waals surface area contributed by atoms with Crippen LogP contribution >= 0.6 is 0 Å². The fourth-order valence-electron chi connectivity index (χ4n) is 1.04. The van der Waals surface area contributed by atoms with E-state index in [-0.39, 0.29) is 0 Å². The molecule has 0 spiro atoms. The molecular formula is C12H15NO2. The van der Waals surface area contributed by atoms with E-state index in [4.69, 9.17) is 11.7 Å². The lowest BCUT2D eigenvalue weighted by molar-refractivity contribution is 0.0636. The summed E-state index contributed by atoms with van der Waals surface area (Å²) in [5.74, 6) is 0. The van der Waals surface area contributed by atoms with Crippen molar-refractivity contribution in [2.75, 3.05) is 5.32 Å². The van der Waals surface area contributed by atoms with Crippen molar-refractivity contribution < 1.29 is 9.53 Å². The lowest BCUT2D eigenvalue weighted by Crippen LogP contribution is -2.27. The molecule has 1 amide bonds. The SMILES string of the molecule is [CH]c1cccc(NC(=O)OC(C)(C)C)c1. The van der Waals surface area contributed by atoms with Crippen LogP contribution in [0.2, 0.25) is 0 Å². The first kappa shape index (κ1) is 11.6. The van der Waals surface area contributed by atoms with Crippen molar-refractivity contribution in [1.82, 2.24) is 0 Å². The number of anilines is 1. The molecule has 1 aromatic carbocycles. The second-order valence-corrected chi connectivity index (χ2v) is 4.25. The Morgan fingerprint density at radius 2 is 2.07 bits per heavy atom. The molecule has 0 heterocycles. The van der Waals surface area contributed by atoms with Crippen molar-refractivity contribution in [3.8, 4) is 0 Å². The number of amides is 1. The molecule has 0 aromatic heterocycles. The van der Waals surface area contributed by atoms with Gasteiger partial charge in [0.1, 0.15) is 5.60 Å². The summed E-state index contributed by atoms with van der Waals surface area (Å²) in [5.41, 5.74) is 0.734. The maximum absolute atomic E-state index is 11.4. The van der Waals surface area contributed by atoms with Crippen molar-refractivity contribution in [3.05, 3.63) is 36.8 Å². The minimum Gasteiger partial charge on any atom is -0.444 e. The maximum Gasteiger partial charge on any atom is 0.412 e. The Kier molecular flexibility index (Phi) is 3.35. The van der Waals surface area contributed by atoms with E-state index in [0.29, 0.717) is 11.3 Å². The molecule has 0 saturated heterocycles. The molecule has 0 aliphatic heterocycles.